The van der Waals surface area contributed by atoms with Crippen LogP contribution in [0.2, 0.25) is 0 Å². The van der Waals surface area contributed by atoms with Crippen LogP contribution >= 0.6 is 0 Å². The van der Waals surface area contributed by atoms with Crippen LogP contribution in [0.3, 0.4) is 0 Å². The van der Waals surface area contributed by atoms with Gasteiger partial charge in [0, 0.05) is 13.0 Å². The molecule has 0 bridgehead atoms. The van der Waals surface area contributed by atoms with E-state index in [4.69, 9.17) is 0 Å². The molecule has 0 saturated carbocycles. The van der Waals surface area contributed by atoms with Crippen LogP contribution in [0.5, 0.6) is 0 Å². The van der Waals surface area contributed by atoms with Gasteiger partial charge in [-0.25, -0.2) is 9.07 Å². The maximum absolute atomic E-state index is 13.7. The second kappa shape index (κ2) is 7.81. The van der Waals surface area contributed by atoms with Crippen molar-refractivity contribution in [1.29, 1.82) is 0 Å². The van der Waals surface area contributed by atoms with Crippen molar-refractivity contribution in [3.05, 3.63) is 83.3 Å². The van der Waals surface area contributed by atoms with Crippen molar-refractivity contribution in [2.24, 2.45) is 0 Å². The number of nitrogens with one attached hydrogen (secondary N) is 2. The average Bonchev–Trinajstić information content (AvgIpc) is 3.16. The Morgan fingerprint density at radius 2 is 1.83 bits per heavy atom. The van der Waals surface area contributed by atoms with Gasteiger partial charge in [-0.05, 0) is 23.3 Å². The van der Waals surface area contributed by atoms with E-state index in [0.717, 1.165) is 16.4 Å². The third kappa shape index (κ3) is 4.00. The van der Waals surface area contributed by atoms with E-state index in [1.54, 1.807) is 0 Å². The summed E-state index contributed by atoms with van der Waals surface area (Å²) >= 11 is 0. The molecular weight excluding hydrogens is 400 g/mol. The van der Waals surface area contributed by atoms with Gasteiger partial charge in [0.15, 0.2) is 6.04 Å². The van der Waals surface area contributed by atoms with Crippen LogP contribution in [0, 0.1) is 5.82 Å². The first-order valence-corrected chi connectivity index (χ1v) is 9.31. The predicted octanol–water partition coefficient (Wildman–Crippen LogP) is 4.61. The highest BCUT2D eigenvalue weighted by molar-refractivity contribution is 5.98. The molecule has 2 aromatic carbocycles. The van der Waals surface area contributed by atoms with Crippen molar-refractivity contribution in [3.63, 3.8) is 0 Å². The lowest BCUT2D eigenvalue weighted by molar-refractivity contribution is -0.173. The average molecular weight is 418 g/mol. The van der Waals surface area contributed by atoms with E-state index in [9.17, 15) is 22.4 Å². The van der Waals surface area contributed by atoms with Gasteiger partial charge in [-0.2, -0.15) is 18.3 Å². The summed E-state index contributed by atoms with van der Waals surface area (Å²) in [6.45, 7) is 0.231. The number of carbonyl (C=O) groups is 1. The van der Waals surface area contributed by atoms with Crippen LogP contribution in [-0.4, -0.2) is 21.9 Å². The second-order valence-corrected chi connectivity index (χ2v) is 7.06. The fourth-order valence-corrected chi connectivity index (χ4v) is 3.52. The van der Waals surface area contributed by atoms with Crippen molar-refractivity contribution in [2.75, 3.05) is 5.32 Å². The molecule has 1 amide bonds. The van der Waals surface area contributed by atoms with Crippen LogP contribution in [-0.2, 0) is 6.54 Å². The fraction of sp³-hybridized carbons (Fsp3) is 0.238. The van der Waals surface area contributed by atoms with Crippen LogP contribution in [0.25, 0.3) is 0 Å². The van der Waals surface area contributed by atoms with Crippen LogP contribution in [0.15, 0.2) is 60.8 Å². The molecular formula is C21H18F4N4O. The summed E-state index contributed by atoms with van der Waals surface area (Å²) in [4.78, 5) is 12.7. The number of alkyl halides is 3. The molecule has 0 unspecified atom stereocenters. The Hall–Kier alpha value is -3.36. The van der Waals surface area contributed by atoms with Gasteiger partial charge in [0.25, 0.3) is 5.91 Å². The molecule has 1 aliphatic heterocycles. The number of benzene rings is 2. The summed E-state index contributed by atoms with van der Waals surface area (Å²) in [5.41, 5.74) is 1.37. The molecule has 3 aromatic rings. The molecule has 0 spiro atoms. The van der Waals surface area contributed by atoms with E-state index in [1.165, 1.54) is 24.3 Å². The molecule has 4 rings (SSSR count). The highest BCUT2D eigenvalue weighted by Crippen LogP contribution is 2.44. The number of aromatic nitrogens is 2. The first-order valence-electron chi connectivity index (χ1n) is 9.31. The lowest BCUT2D eigenvalue weighted by Gasteiger charge is -2.34. The van der Waals surface area contributed by atoms with Gasteiger partial charge in [-0.15, -0.1) is 0 Å². The van der Waals surface area contributed by atoms with Crippen molar-refractivity contribution in [1.82, 2.24) is 15.1 Å². The topological polar surface area (TPSA) is 59.0 Å². The Balaban J connectivity index is 1.62. The van der Waals surface area contributed by atoms with Gasteiger partial charge in [0.1, 0.15) is 17.2 Å². The number of nitrogens with zero attached hydrogens (tertiary/aromatic N) is 2. The molecule has 1 aliphatic rings. The van der Waals surface area contributed by atoms with Crippen molar-refractivity contribution in [3.8, 4) is 0 Å². The van der Waals surface area contributed by atoms with Gasteiger partial charge in [0.2, 0.25) is 0 Å². The van der Waals surface area contributed by atoms with Gasteiger partial charge < -0.3 is 10.6 Å². The SMILES string of the molecule is O=C(NCc1ccccc1)c1cnn2c1N[C@@H](c1ccc(F)cc1)C[C@H]2C(F)(F)F. The Kier molecular flexibility index (Phi) is 5.19. The summed E-state index contributed by atoms with van der Waals surface area (Å²) in [6, 6.07) is 11.8. The first kappa shape index (κ1) is 19.9. The highest BCUT2D eigenvalue weighted by atomic mass is 19.4. The summed E-state index contributed by atoms with van der Waals surface area (Å²) in [5.74, 6) is -1.02. The number of rotatable bonds is 4. The zero-order valence-corrected chi connectivity index (χ0v) is 15.7. The molecule has 0 radical (unpaired) electrons. The van der Waals surface area contributed by atoms with Crippen molar-refractivity contribution < 1.29 is 22.4 Å². The van der Waals surface area contributed by atoms with Gasteiger partial charge in [0.05, 0.1) is 12.2 Å². The predicted molar refractivity (Wildman–Crippen MR) is 102 cm³/mol. The number of halogens is 4. The Labute approximate surface area is 169 Å². The number of carbonyl (C=O) groups excluding carboxylic acids is 1. The third-order valence-corrected chi connectivity index (χ3v) is 5.05. The number of hydrogen-bond donors (Lipinski definition) is 2. The summed E-state index contributed by atoms with van der Waals surface area (Å²) < 4.78 is 55.2. The summed E-state index contributed by atoms with van der Waals surface area (Å²) in [5, 5.41) is 9.52. The lowest BCUT2D eigenvalue weighted by atomic mass is 9.96. The van der Waals surface area contributed by atoms with E-state index in [1.807, 2.05) is 30.3 Å². The smallest absolute Gasteiger partial charge is 0.363 e. The maximum atomic E-state index is 13.7. The normalized spacial score (nSPS) is 18.4. The van der Waals surface area contributed by atoms with Crippen LogP contribution in [0.1, 0.15) is 40.0 Å². The molecule has 2 heterocycles. The summed E-state index contributed by atoms with van der Waals surface area (Å²) in [6.07, 6.45) is -3.75. The number of fused-ring (bicyclic) bond motifs is 1. The van der Waals surface area contributed by atoms with E-state index in [0.29, 0.717) is 5.56 Å². The number of amides is 1. The highest BCUT2D eigenvalue weighted by Gasteiger charge is 2.47. The Morgan fingerprint density at radius 1 is 1.13 bits per heavy atom. The van der Waals surface area contributed by atoms with Crippen LogP contribution in [0.4, 0.5) is 23.4 Å². The molecule has 5 nitrogen and oxygen atoms in total. The van der Waals surface area contributed by atoms with Gasteiger partial charge >= 0.3 is 6.18 Å². The second-order valence-electron chi connectivity index (χ2n) is 7.06. The molecule has 2 N–H and O–H groups in total. The van der Waals surface area contributed by atoms with E-state index >= 15 is 0 Å². The molecule has 2 atom stereocenters. The van der Waals surface area contributed by atoms with Crippen LogP contribution < -0.4 is 10.6 Å². The van der Waals surface area contributed by atoms with Crippen molar-refractivity contribution in [2.45, 2.75) is 31.2 Å². The monoisotopic (exact) mass is 418 g/mol. The van der Waals surface area contributed by atoms with E-state index in [-0.39, 0.29) is 24.3 Å². The van der Waals surface area contributed by atoms with Gasteiger partial charge in [-0.1, -0.05) is 42.5 Å². The van der Waals surface area contributed by atoms with E-state index < -0.39 is 30.0 Å². The third-order valence-electron chi connectivity index (χ3n) is 5.05. The van der Waals surface area contributed by atoms with Crippen molar-refractivity contribution >= 4 is 11.7 Å². The molecule has 9 heteroatoms. The zero-order chi connectivity index (χ0) is 21.3. The molecule has 0 fully saturated rings. The standard InChI is InChI=1S/C21H18F4N4O/c22-15-8-6-14(7-9-15)17-10-18(21(23,24)25)29-19(28-17)16(12-27-29)20(30)26-11-13-4-2-1-3-5-13/h1-9,12,17-18,28H,10-11H2,(H,26,30)/t17-,18+/m1/s1. The molecule has 1 aromatic heterocycles. The Bertz CT molecular complexity index is 1030. The molecule has 0 aliphatic carbocycles. The lowest BCUT2D eigenvalue weighted by Crippen LogP contribution is -2.36. The first-order chi connectivity index (χ1) is 14.3. The van der Waals surface area contributed by atoms with E-state index in [2.05, 4.69) is 15.7 Å². The minimum Gasteiger partial charge on any atom is -0.363 e. The number of anilines is 1. The minimum absolute atomic E-state index is 0.0107. The Morgan fingerprint density at radius 3 is 2.50 bits per heavy atom. The largest absolute Gasteiger partial charge is 0.410 e. The zero-order valence-electron chi connectivity index (χ0n) is 15.7. The molecule has 30 heavy (non-hydrogen) atoms. The number of hydrogen-bond acceptors (Lipinski definition) is 3. The molecule has 156 valence electrons. The summed E-state index contributed by atoms with van der Waals surface area (Å²) in [7, 11) is 0. The fourth-order valence-electron chi connectivity index (χ4n) is 3.52. The van der Waals surface area contributed by atoms with Gasteiger partial charge in [-0.3, -0.25) is 4.79 Å². The molecule has 0 saturated heterocycles. The maximum Gasteiger partial charge on any atom is 0.410 e. The minimum atomic E-state index is -4.56. The quantitative estimate of drug-likeness (QED) is 0.609.